The van der Waals surface area contributed by atoms with Gasteiger partial charge >= 0.3 is 0 Å². The molecule has 0 aromatic heterocycles. The summed E-state index contributed by atoms with van der Waals surface area (Å²) < 4.78 is 5.94. The maximum Gasteiger partial charge on any atom is 0.122 e. The number of hydrogen-bond acceptors (Lipinski definition) is 2. The highest BCUT2D eigenvalue weighted by Gasteiger charge is 2.15. The van der Waals surface area contributed by atoms with Crippen molar-refractivity contribution in [2.45, 2.75) is 27.2 Å². The molecule has 1 unspecified atom stereocenters. The van der Waals surface area contributed by atoms with E-state index in [0.29, 0.717) is 5.92 Å². The SMILES string of the molecule is Cc1cc(C)c(C)c(OCC2CCNC2)c1. The van der Waals surface area contributed by atoms with E-state index in [1.54, 1.807) is 0 Å². The predicted molar refractivity (Wildman–Crippen MR) is 67.1 cm³/mol. The zero-order chi connectivity index (χ0) is 11.5. The van der Waals surface area contributed by atoms with Crippen molar-refractivity contribution < 1.29 is 4.74 Å². The topological polar surface area (TPSA) is 21.3 Å². The smallest absolute Gasteiger partial charge is 0.122 e. The first-order chi connectivity index (χ1) is 7.66. The van der Waals surface area contributed by atoms with Gasteiger partial charge in [0.1, 0.15) is 5.75 Å². The molecule has 0 saturated carbocycles. The average molecular weight is 219 g/mol. The van der Waals surface area contributed by atoms with Crippen LogP contribution in [0.15, 0.2) is 12.1 Å². The van der Waals surface area contributed by atoms with Crippen LogP contribution in [-0.2, 0) is 0 Å². The summed E-state index contributed by atoms with van der Waals surface area (Å²) in [4.78, 5) is 0. The maximum atomic E-state index is 5.94. The lowest BCUT2D eigenvalue weighted by atomic mass is 10.1. The van der Waals surface area contributed by atoms with Crippen LogP contribution < -0.4 is 10.1 Å². The highest BCUT2D eigenvalue weighted by molar-refractivity contribution is 5.41. The fraction of sp³-hybridized carbons (Fsp3) is 0.571. The average Bonchev–Trinajstić information content (AvgIpc) is 2.74. The Hall–Kier alpha value is -1.02. The van der Waals surface area contributed by atoms with E-state index in [1.165, 1.54) is 23.1 Å². The first-order valence-electron chi connectivity index (χ1n) is 6.08. The molecule has 2 rings (SSSR count). The lowest BCUT2D eigenvalue weighted by molar-refractivity contribution is 0.258. The molecule has 16 heavy (non-hydrogen) atoms. The van der Waals surface area contributed by atoms with Crippen molar-refractivity contribution in [1.82, 2.24) is 5.32 Å². The monoisotopic (exact) mass is 219 g/mol. The Bertz CT molecular complexity index is 367. The lowest BCUT2D eigenvalue weighted by Crippen LogP contribution is -2.16. The van der Waals surface area contributed by atoms with E-state index >= 15 is 0 Å². The van der Waals surface area contributed by atoms with Crippen molar-refractivity contribution in [3.8, 4) is 5.75 Å². The molecule has 0 bridgehead atoms. The second kappa shape index (κ2) is 4.88. The fourth-order valence-electron chi connectivity index (χ4n) is 2.22. The van der Waals surface area contributed by atoms with Gasteiger partial charge < -0.3 is 10.1 Å². The van der Waals surface area contributed by atoms with Crippen molar-refractivity contribution in [3.63, 3.8) is 0 Å². The molecule has 1 aromatic rings. The van der Waals surface area contributed by atoms with Gasteiger partial charge in [0, 0.05) is 12.5 Å². The van der Waals surface area contributed by atoms with Crippen LogP contribution in [0.1, 0.15) is 23.1 Å². The van der Waals surface area contributed by atoms with Crippen molar-refractivity contribution in [2.75, 3.05) is 19.7 Å². The van der Waals surface area contributed by atoms with Gasteiger partial charge in [-0.2, -0.15) is 0 Å². The van der Waals surface area contributed by atoms with Crippen molar-refractivity contribution in [1.29, 1.82) is 0 Å². The molecule has 1 aliphatic rings. The number of nitrogens with one attached hydrogen (secondary N) is 1. The number of ether oxygens (including phenoxy) is 1. The molecule has 1 N–H and O–H groups in total. The summed E-state index contributed by atoms with van der Waals surface area (Å²) >= 11 is 0. The summed E-state index contributed by atoms with van der Waals surface area (Å²) in [5.41, 5.74) is 3.87. The Morgan fingerprint density at radius 3 is 2.81 bits per heavy atom. The summed E-state index contributed by atoms with van der Waals surface area (Å²) in [6.45, 7) is 9.49. The zero-order valence-electron chi connectivity index (χ0n) is 10.5. The minimum Gasteiger partial charge on any atom is -0.493 e. The van der Waals surface area contributed by atoms with Gasteiger partial charge in [-0.25, -0.2) is 0 Å². The van der Waals surface area contributed by atoms with Crippen LogP contribution in [0.3, 0.4) is 0 Å². The van der Waals surface area contributed by atoms with E-state index in [0.717, 1.165) is 25.4 Å². The lowest BCUT2D eigenvalue weighted by Gasteiger charge is -2.15. The standard InChI is InChI=1S/C14H21NO/c1-10-6-11(2)12(3)14(7-10)16-9-13-4-5-15-8-13/h6-7,13,15H,4-5,8-9H2,1-3H3. The van der Waals surface area contributed by atoms with Crippen LogP contribution >= 0.6 is 0 Å². The highest BCUT2D eigenvalue weighted by Crippen LogP contribution is 2.24. The Morgan fingerprint density at radius 1 is 1.31 bits per heavy atom. The molecule has 0 amide bonds. The molecule has 0 radical (unpaired) electrons. The van der Waals surface area contributed by atoms with Gasteiger partial charge in [-0.05, 0) is 56.5 Å². The van der Waals surface area contributed by atoms with Crippen LogP contribution in [0, 0.1) is 26.7 Å². The van der Waals surface area contributed by atoms with Gasteiger partial charge in [0.15, 0.2) is 0 Å². The second-order valence-electron chi connectivity index (χ2n) is 4.87. The van der Waals surface area contributed by atoms with Gasteiger partial charge in [0.05, 0.1) is 6.61 Å². The molecule has 1 fully saturated rings. The van der Waals surface area contributed by atoms with Gasteiger partial charge in [0.25, 0.3) is 0 Å². The minimum atomic E-state index is 0.681. The zero-order valence-corrected chi connectivity index (χ0v) is 10.5. The summed E-state index contributed by atoms with van der Waals surface area (Å²) in [7, 11) is 0. The van der Waals surface area contributed by atoms with E-state index in [2.05, 4.69) is 38.2 Å². The Balaban J connectivity index is 2.02. The Labute approximate surface area is 98.0 Å². The van der Waals surface area contributed by atoms with Crippen LogP contribution in [0.2, 0.25) is 0 Å². The first kappa shape index (κ1) is 11.5. The van der Waals surface area contributed by atoms with Gasteiger partial charge in [-0.3, -0.25) is 0 Å². The molecular formula is C14H21NO. The van der Waals surface area contributed by atoms with Crippen molar-refractivity contribution >= 4 is 0 Å². The van der Waals surface area contributed by atoms with E-state index in [9.17, 15) is 0 Å². The molecule has 0 spiro atoms. The third-order valence-electron chi connectivity index (χ3n) is 3.40. The molecule has 1 aliphatic heterocycles. The second-order valence-corrected chi connectivity index (χ2v) is 4.87. The third-order valence-corrected chi connectivity index (χ3v) is 3.40. The van der Waals surface area contributed by atoms with Gasteiger partial charge in [-0.1, -0.05) is 6.07 Å². The van der Waals surface area contributed by atoms with E-state index in [1.807, 2.05) is 0 Å². The van der Waals surface area contributed by atoms with Gasteiger partial charge in [0.2, 0.25) is 0 Å². The largest absolute Gasteiger partial charge is 0.493 e. The Morgan fingerprint density at radius 2 is 2.12 bits per heavy atom. The van der Waals surface area contributed by atoms with Crippen LogP contribution in [0.4, 0.5) is 0 Å². The number of benzene rings is 1. The molecule has 1 aromatic carbocycles. The van der Waals surface area contributed by atoms with Crippen molar-refractivity contribution in [2.24, 2.45) is 5.92 Å². The third kappa shape index (κ3) is 2.56. The van der Waals surface area contributed by atoms with Crippen LogP contribution in [-0.4, -0.2) is 19.7 Å². The molecule has 1 heterocycles. The van der Waals surface area contributed by atoms with Crippen molar-refractivity contribution in [3.05, 3.63) is 28.8 Å². The summed E-state index contributed by atoms with van der Waals surface area (Å²) in [5.74, 6) is 1.74. The van der Waals surface area contributed by atoms with Gasteiger partial charge in [-0.15, -0.1) is 0 Å². The highest BCUT2D eigenvalue weighted by atomic mass is 16.5. The minimum absolute atomic E-state index is 0.681. The number of hydrogen-bond donors (Lipinski definition) is 1. The summed E-state index contributed by atoms with van der Waals surface area (Å²) in [5, 5.41) is 3.37. The Kier molecular flexibility index (Phi) is 3.49. The molecular weight excluding hydrogens is 198 g/mol. The first-order valence-corrected chi connectivity index (χ1v) is 6.08. The van der Waals surface area contributed by atoms with Crippen LogP contribution in [0.5, 0.6) is 5.75 Å². The molecule has 1 saturated heterocycles. The predicted octanol–water partition coefficient (Wildman–Crippen LogP) is 2.60. The van der Waals surface area contributed by atoms with Crippen LogP contribution in [0.25, 0.3) is 0 Å². The van der Waals surface area contributed by atoms with E-state index in [-0.39, 0.29) is 0 Å². The maximum absolute atomic E-state index is 5.94. The summed E-state index contributed by atoms with van der Waals surface area (Å²) in [6, 6.07) is 4.35. The molecule has 2 heteroatoms. The number of rotatable bonds is 3. The quantitative estimate of drug-likeness (QED) is 0.843. The molecule has 88 valence electrons. The molecule has 2 nitrogen and oxygen atoms in total. The normalized spacial score (nSPS) is 20.1. The fourth-order valence-corrected chi connectivity index (χ4v) is 2.22. The molecule has 1 atom stereocenters. The van der Waals surface area contributed by atoms with E-state index < -0.39 is 0 Å². The van der Waals surface area contributed by atoms with E-state index in [4.69, 9.17) is 4.74 Å². The molecule has 0 aliphatic carbocycles. The summed E-state index contributed by atoms with van der Waals surface area (Å²) in [6.07, 6.45) is 1.24. The number of aryl methyl sites for hydroxylation is 2.